The summed E-state index contributed by atoms with van der Waals surface area (Å²) in [6.07, 6.45) is -3.93. The molecular weight excluding hydrogens is 345 g/mol. The fourth-order valence-corrected chi connectivity index (χ4v) is 2.52. The van der Waals surface area contributed by atoms with Crippen LogP contribution >= 0.6 is 0 Å². The number of aliphatic imine (C=N–C) groups is 1. The van der Waals surface area contributed by atoms with Crippen molar-refractivity contribution in [2.75, 3.05) is 16.8 Å². The van der Waals surface area contributed by atoms with E-state index in [0.29, 0.717) is 28.8 Å². The molecule has 1 aliphatic heterocycles. The molecule has 0 aromatic heterocycles. The molecule has 0 bridgehead atoms. The molecule has 1 unspecified atom stereocenters. The van der Waals surface area contributed by atoms with Crippen molar-refractivity contribution in [2.24, 2.45) is 10.7 Å². The van der Waals surface area contributed by atoms with Crippen LogP contribution in [0.4, 0.5) is 30.2 Å². The maximum absolute atomic E-state index is 13.4. The van der Waals surface area contributed by atoms with E-state index in [1.54, 1.807) is 42.5 Å². The van der Waals surface area contributed by atoms with Crippen molar-refractivity contribution < 1.29 is 13.2 Å². The summed E-state index contributed by atoms with van der Waals surface area (Å²) in [5, 5.41) is 5.31. The minimum absolute atomic E-state index is 0.331. The topological polar surface area (TPSA) is 114 Å². The molecule has 3 rings (SSSR count). The van der Waals surface area contributed by atoms with Gasteiger partial charge in [-0.3, -0.25) is 5.73 Å². The molecule has 0 amide bonds. The molecule has 0 saturated heterocycles. The van der Waals surface area contributed by atoms with Gasteiger partial charge in [0.05, 0.1) is 0 Å². The van der Waals surface area contributed by atoms with Crippen molar-refractivity contribution in [3.8, 4) is 0 Å². The molecule has 0 aliphatic carbocycles. The number of nitrogens with one attached hydrogen (secondary N) is 2. The smallest absolute Gasteiger partial charge is 0.399 e. The van der Waals surface area contributed by atoms with Crippen LogP contribution in [0.25, 0.3) is 0 Å². The Morgan fingerprint density at radius 3 is 2.27 bits per heavy atom. The molecular formula is C17H17F3N6. The van der Waals surface area contributed by atoms with Gasteiger partial charge in [0.25, 0.3) is 0 Å². The SMILES string of the molecule is Nc1cccc(NC2=C(C(F)(F)F)C=NC(N)(c3cccc(N)c3)N2)c1. The number of hydrogen-bond acceptors (Lipinski definition) is 6. The Kier molecular flexibility index (Phi) is 4.25. The molecule has 136 valence electrons. The first-order valence-corrected chi connectivity index (χ1v) is 7.60. The second-order valence-electron chi connectivity index (χ2n) is 5.81. The third kappa shape index (κ3) is 3.57. The van der Waals surface area contributed by atoms with Gasteiger partial charge in [-0.05, 0) is 30.3 Å². The number of nitrogens with zero attached hydrogens (tertiary/aromatic N) is 1. The number of nitrogen functional groups attached to an aromatic ring is 2. The molecule has 9 heteroatoms. The van der Waals surface area contributed by atoms with Crippen molar-refractivity contribution in [3.63, 3.8) is 0 Å². The van der Waals surface area contributed by atoms with Crippen LogP contribution in [0, 0.1) is 0 Å². The quantitative estimate of drug-likeness (QED) is 0.538. The van der Waals surface area contributed by atoms with Crippen LogP contribution in [-0.2, 0) is 5.79 Å². The van der Waals surface area contributed by atoms with E-state index in [9.17, 15) is 13.2 Å². The van der Waals surface area contributed by atoms with Crippen LogP contribution in [-0.4, -0.2) is 12.4 Å². The van der Waals surface area contributed by atoms with E-state index in [1.165, 1.54) is 6.07 Å². The molecule has 0 saturated carbocycles. The summed E-state index contributed by atoms with van der Waals surface area (Å²) >= 11 is 0. The van der Waals surface area contributed by atoms with Crippen molar-refractivity contribution in [3.05, 3.63) is 65.5 Å². The van der Waals surface area contributed by atoms with Gasteiger partial charge in [-0.1, -0.05) is 18.2 Å². The third-order valence-corrected chi connectivity index (χ3v) is 3.77. The van der Waals surface area contributed by atoms with Gasteiger partial charge in [0.2, 0.25) is 5.79 Å². The molecule has 8 N–H and O–H groups in total. The molecule has 1 aliphatic rings. The van der Waals surface area contributed by atoms with Gasteiger partial charge in [0.15, 0.2) is 0 Å². The predicted molar refractivity (Wildman–Crippen MR) is 95.9 cm³/mol. The first-order chi connectivity index (χ1) is 12.2. The third-order valence-electron chi connectivity index (χ3n) is 3.77. The number of hydrogen-bond donors (Lipinski definition) is 5. The second kappa shape index (κ2) is 6.26. The van der Waals surface area contributed by atoms with Crippen molar-refractivity contribution >= 4 is 23.3 Å². The Hall–Kier alpha value is -3.20. The highest BCUT2D eigenvalue weighted by Crippen LogP contribution is 2.32. The molecule has 26 heavy (non-hydrogen) atoms. The lowest BCUT2D eigenvalue weighted by atomic mass is 10.1. The summed E-state index contributed by atoms with van der Waals surface area (Å²) in [6, 6.07) is 12.8. The number of halogens is 3. The Labute approximate surface area is 147 Å². The number of benzene rings is 2. The zero-order valence-corrected chi connectivity index (χ0v) is 13.5. The summed E-state index contributed by atoms with van der Waals surface area (Å²) in [7, 11) is 0. The van der Waals surface area contributed by atoms with Crippen LogP contribution < -0.4 is 27.8 Å². The van der Waals surface area contributed by atoms with E-state index in [0.717, 1.165) is 0 Å². The largest absolute Gasteiger partial charge is 0.421 e. The summed E-state index contributed by atoms with van der Waals surface area (Å²) in [5.41, 5.74) is 18.3. The maximum Gasteiger partial charge on any atom is 0.421 e. The molecule has 1 atom stereocenters. The van der Waals surface area contributed by atoms with E-state index in [1.807, 2.05) is 0 Å². The Bertz CT molecular complexity index is 890. The first-order valence-electron chi connectivity index (χ1n) is 7.60. The Balaban J connectivity index is 2.01. The zero-order chi connectivity index (χ0) is 18.9. The number of anilines is 3. The van der Waals surface area contributed by atoms with Gasteiger partial charge >= 0.3 is 6.18 Å². The lowest BCUT2D eigenvalue weighted by molar-refractivity contribution is -0.0871. The number of rotatable bonds is 3. The summed E-state index contributed by atoms with van der Waals surface area (Å²) in [6.45, 7) is 0. The van der Waals surface area contributed by atoms with Crippen LogP contribution in [0.5, 0.6) is 0 Å². The number of alkyl halides is 3. The highest BCUT2D eigenvalue weighted by atomic mass is 19.4. The molecule has 0 spiro atoms. The van der Waals surface area contributed by atoms with Crippen LogP contribution in [0.15, 0.2) is 64.9 Å². The molecule has 0 fully saturated rings. The highest BCUT2D eigenvalue weighted by Gasteiger charge is 2.41. The van der Waals surface area contributed by atoms with E-state index >= 15 is 0 Å². The van der Waals surface area contributed by atoms with Crippen molar-refractivity contribution in [1.29, 1.82) is 0 Å². The van der Waals surface area contributed by atoms with E-state index in [-0.39, 0.29) is 5.82 Å². The van der Waals surface area contributed by atoms with Gasteiger partial charge < -0.3 is 22.1 Å². The minimum Gasteiger partial charge on any atom is -0.399 e. The Morgan fingerprint density at radius 1 is 1.00 bits per heavy atom. The molecule has 1 heterocycles. The fraction of sp³-hybridized carbons (Fsp3) is 0.118. The maximum atomic E-state index is 13.4. The lowest BCUT2D eigenvalue weighted by Gasteiger charge is -2.34. The summed E-state index contributed by atoms with van der Waals surface area (Å²) in [4.78, 5) is 3.87. The van der Waals surface area contributed by atoms with Crippen LogP contribution in [0.3, 0.4) is 0 Å². The average Bonchev–Trinajstić information content (AvgIpc) is 2.54. The molecule has 6 nitrogen and oxygen atoms in total. The van der Waals surface area contributed by atoms with Crippen LogP contribution in [0.1, 0.15) is 5.56 Å². The van der Waals surface area contributed by atoms with Gasteiger partial charge in [-0.25, -0.2) is 4.99 Å². The van der Waals surface area contributed by atoms with Crippen molar-refractivity contribution in [1.82, 2.24) is 5.32 Å². The highest BCUT2D eigenvalue weighted by molar-refractivity contribution is 5.84. The average molecular weight is 362 g/mol. The predicted octanol–water partition coefficient (Wildman–Crippen LogP) is 2.48. The normalized spacial score (nSPS) is 20.0. The minimum atomic E-state index is -4.63. The fourth-order valence-electron chi connectivity index (χ4n) is 2.52. The Morgan fingerprint density at radius 2 is 1.65 bits per heavy atom. The summed E-state index contributed by atoms with van der Waals surface area (Å²) < 4.78 is 40.1. The monoisotopic (exact) mass is 362 g/mol. The number of allylic oxidation sites excluding steroid dienone is 1. The van der Waals surface area contributed by atoms with Gasteiger partial charge in [-0.2, -0.15) is 13.2 Å². The second-order valence-corrected chi connectivity index (χ2v) is 5.81. The van der Waals surface area contributed by atoms with Gasteiger partial charge in [0, 0.05) is 28.8 Å². The zero-order valence-electron chi connectivity index (χ0n) is 13.5. The van der Waals surface area contributed by atoms with Crippen molar-refractivity contribution in [2.45, 2.75) is 12.0 Å². The standard InChI is InChI=1S/C17H17F3N6/c18-16(19,20)14-9-24-17(23,10-3-1-4-11(21)7-10)26-15(14)25-13-6-2-5-12(22)8-13/h1-9,25-26H,21-23H2. The van der Waals surface area contributed by atoms with Gasteiger partial charge in [0.1, 0.15) is 11.4 Å². The molecule has 0 radical (unpaired) electrons. The van der Waals surface area contributed by atoms with E-state index < -0.39 is 17.5 Å². The van der Waals surface area contributed by atoms with E-state index in [4.69, 9.17) is 17.2 Å². The van der Waals surface area contributed by atoms with Gasteiger partial charge in [-0.15, -0.1) is 0 Å². The lowest BCUT2D eigenvalue weighted by Crippen LogP contribution is -2.52. The molecule has 2 aromatic rings. The first kappa shape index (κ1) is 17.6. The van der Waals surface area contributed by atoms with Crippen LogP contribution in [0.2, 0.25) is 0 Å². The van der Waals surface area contributed by atoms with E-state index in [2.05, 4.69) is 15.6 Å². The summed E-state index contributed by atoms with van der Waals surface area (Å²) in [5.74, 6) is -1.93. The number of nitrogens with two attached hydrogens (primary N) is 3. The molecule has 2 aromatic carbocycles.